The number of hydrogen-bond donors (Lipinski definition) is 2. The molecule has 244 valence electrons. The van der Waals surface area contributed by atoms with Crippen LogP contribution in [0.5, 0.6) is 11.5 Å². The van der Waals surface area contributed by atoms with Crippen molar-refractivity contribution in [3.8, 4) is 11.5 Å². The minimum absolute atomic E-state index is 0.00292. The van der Waals surface area contributed by atoms with E-state index in [1.807, 2.05) is 34.9 Å². The Balaban J connectivity index is 1.19. The van der Waals surface area contributed by atoms with Crippen LogP contribution in [0.15, 0.2) is 58.1 Å². The third kappa shape index (κ3) is 5.31. The quantitative estimate of drug-likeness (QED) is 0.316. The molecule has 12 nitrogen and oxygen atoms in total. The maximum atomic E-state index is 14.2. The molecule has 4 atom stereocenters. The molecule has 7 rings (SSSR count). The minimum atomic E-state index is -0.424. The molecule has 0 unspecified atom stereocenters. The van der Waals surface area contributed by atoms with E-state index < -0.39 is 5.92 Å². The van der Waals surface area contributed by atoms with E-state index in [0.717, 1.165) is 29.9 Å². The van der Waals surface area contributed by atoms with Gasteiger partial charge < -0.3 is 29.6 Å². The lowest BCUT2D eigenvalue weighted by molar-refractivity contribution is -0.126. The number of anilines is 2. The summed E-state index contributed by atoms with van der Waals surface area (Å²) in [6, 6.07) is 14.5. The van der Waals surface area contributed by atoms with Gasteiger partial charge in [-0.3, -0.25) is 23.7 Å². The highest BCUT2D eigenvalue weighted by molar-refractivity contribution is 5.89. The second kappa shape index (κ2) is 11.9. The number of aromatic nitrogens is 3. The number of methoxy groups -OCH3 is 2. The van der Waals surface area contributed by atoms with Gasteiger partial charge >= 0.3 is 0 Å². The van der Waals surface area contributed by atoms with Gasteiger partial charge in [0.15, 0.2) is 11.5 Å². The summed E-state index contributed by atoms with van der Waals surface area (Å²) in [6.07, 6.45) is 1.38. The van der Waals surface area contributed by atoms with Gasteiger partial charge in [-0.05, 0) is 61.6 Å². The Morgan fingerprint density at radius 3 is 2.57 bits per heavy atom. The number of nitrogens with one attached hydrogen (secondary N) is 2. The molecule has 12 heteroatoms. The number of amides is 2. The lowest BCUT2D eigenvalue weighted by atomic mass is 9.69. The van der Waals surface area contributed by atoms with E-state index in [-0.39, 0.29) is 53.9 Å². The first kappa shape index (κ1) is 30.5. The van der Waals surface area contributed by atoms with E-state index in [4.69, 9.17) is 9.47 Å². The number of ether oxygens (including phenoxy) is 2. The lowest BCUT2D eigenvalue weighted by Crippen LogP contribution is -2.60. The summed E-state index contributed by atoms with van der Waals surface area (Å²) in [6.45, 7) is 5.08. The number of rotatable bonds is 7. The van der Waals surface area contributed by atoms with E-state index in [1.54, 1.807) is 29.7 Å². The Morgan fingerprint density at radius 2 is 1.81 bits per heavy atom. The first-order chi connectivity index (χ1) is 22.7. The summed E-state index contributed by atoms with van der Waals surface area (Å²) in [7, 11) is 3.05. The number of carbonyl (C=O) groups is 2. The number of carbonyl (C=O) groups excluding carboxylic acids is 2. The van der Waals surface area contributed by atoms with Crippen molar-refractivity contribution < 1.29 is 19.1 Å². The van der Waals surface area contributed by atoms with Crippen molar-refractivity contribution in [2.45, 2.75) is 51.7 Å². The highest BCUT2D eigenvalue weighted by Gasteiger charge is 2.49. The number of pyridine rings is 1. The van der Waals surface area contributed by atoms with Crippen LogP contribution in [0, 0.1) is 18.8 Å². The molecule has 2 N–H and O–H groups in total. The van der Waals surface area contributed by atoms with Crippen molar-refractivity contribution in [1.29, 1.82) is 0 Å². The maximum absolute atomic E-state index is 14.2. The molecule has 47 heavy (non-hydrogen) atoms. The van der Waals surface area contributed by atoms with Gasteiger partial charge in [0.05, 0.1) is 31.0 Å². The molecule has 0 spiro atoms. The first-order valence-electron chi connectivity index (χ1n) is 15.9. The zero-order valence-electron chi connectivity index (χ0n) is 26.9. The summed E-state index contributed by atoms with van der Waals surface area (Å²) < 4.78 is 14.2. The molecule has 2 bridgehead atoms. The fourth-order valence-corrected chi connectivity index (χ4v) is 7.95. The number of fused-ring (bicyclic) bond motifs is 9. The van der Waals surface area contributed by atoms with E-state index in [9.17, 15) is 19.2 Å². The first-order valence-corrected chi connectivity index (χ1v) is 15.9. The molecule has 4 aromatic rings. The van der Waals surface area contributed by atoms with Crippen molar-refractivity contribution in [3.63, 3.8) is 0 Å². The fourth-order valence-electron chi connectivity index (χ4n) is 7.95. The van der Waals surface area contributed by atoms with Crippen molar-refractivity contribution in [3.05, 3.63) is 86.3 Å². The Kier molecular flexibility index (Phi) is 7.73. The Labute approximate surface area is 271 Å². The molecular weight excluding hydrogens is 600 g/mol. The van der Waals surface area contributed by atoms with E-state index >= 15 is 0 Å². The van der Waals surface area contributed by atoms with E-state index in [0.29, 0.717) is 46.9 Å². The number of benzene rings is 2. The molecule has 0 saturated carbocycles. The number of aryl methyl sites for hydroxylation is 1. The van der Waals surface area contributed by atoms with Crippen molar-refractivity contribution in [2.75, 3.05) is 37.5 Å². The van der Waals surface area contributed by atoms with Gasteiger partial charge in [0.1, 0.15) is 5.82 Å². The van der Waals surface area contributed by atoms with Crippen molar-refractivity contribution in [2.24, 2.45) is 11.8 Å². The third-order valence-corrected chi connectivity index (χ3v) is 9.90. The van der Waals surface area contributed by atoms with Gasteiger partial charge in [0.2, 0.25) is 11.8 Å². The van der Waals surface area contributed by atoms with Crippen molar-refractivity contribution in [1.82, 2.24) is 19.4 Å². The standard InChI is InChI=1S/C35H38N6O6/c1-19-37-27-16-31(47-4)30(46-3)15-24(27)35(45)39(19)11-10-36-34(44)26-14-22-13-23(38-20(2)42)8-9-28(22)41-18-21-12-25(33(26)41)29-6-5-7-32(43)40(29)17-21/h5-9,13,15-16,21,25-26,33H,10-12,14,17-18H2,1-4H3,(H,36,44)(H,38,42)/t21-,25+,26+,33+/m0/s1. The summed E-state index contributed by atoms with van der Waals surface area (Å²) in [5.74, 6) is 1.01. The van der Waals surface area contributed by atoms with Crippen LogP contribution in [0.2, 0.25) is 0 Å². The van der Waals surface area contributed by atoms with Gasteiger partial charge in [0, 0.05) is 74.3 Å². The molecule has 2 aromatic carbocycles. The van der Waals surface area contributed by atoms with Gasteiger partial charge in [-0.15, -0.1) is 0 Å². The smallest absolute Gasteiger partial charge is 0.261 e. The van der Waals surface area contributed by atoms with Gasteiger partial charge in [-0.25, -0.2) is 4.98 Å². The molecule has 1 fully saturated rings. The minimum Gasteiger partial charge on any atom is -0.493 e. The van der Waals surface area contributed by atoms with Crippen LogP contribution in [0.25, 0.3) is 10.9 Å². The normalized spacial score (nSPS) is 20.9. The molecule has 2 amide bonds. The Morgan fingerprint density at radius 1 is 1.02 bits per heavy atom. The summed E-state index contributed by atoms with van der Waals surface area (Å²) >= 11 is 0. The number of piperidine rings is 1. The summed E-state index contributed by atoms with van der Waals surface area (Å²) in [5.41, 5.74) is 3.98. The Hall–Kier alpha value is -5.13. The number of nitrogens with zero attached hydrogens (tertiary/aromatic N) is 4. The molecule has 0 aliphatic carbocycles. The van der Waals surface area contributed by atoms with Crippen LogP contribution in [0.3, 0.4) is 0 Å². The SMILES string of the molecule is COc1cc2nc(C)n(CCNC(=O)[C@@H]3Cc4cc(NC(C)=O)ccc4N4C[C@H]5C[C@H](c6cccc(=O)n6C5)[C@H]34)c(=O)c2cc1OC. The van der Waals surface area contributed by atoms with Crippen LogP contribution in [-0.2, 0) is 29.1 Å². The highest BCUT2D eigenvalue weighted by atomic mass is 16.5. The van der Waals surface area contributed by atoms with E-state index in [2.05, 4.69) is 20.5 Å². The Bertz CT molecular complexity index is 2040. The molecular formula is C35H38N6O6. The van der Waals surface area contributed by atoms with Crippen LogP contribution < -0.4 is 36.1 Å². The van der Waals surface area contributed by atoms with Gasteiger partial charge in [-0.2, -0.15) is 0 Å². The number of hydrogen-bond acceptors (Lipinski definition) is 8. The monoisotopic (exact) mass is 638 g/mol. The third-order valence-electron chi connectivity index (χ3n) is 9.90. The zero-order valence-corrected chi connectivity index (χ0v) is 26.9. The average Bonchev–Trinajstić information content (AvgIpc) is 3.05. The second-order valence-corrected chi connectivity index (χ2v) is 12.7. The predicted octanol–water partition coefficient (Wildman–Crippen LogP) is 2.82. The van der Waals surface area contributed by atoms with Crippen LogP contribution in [0.1, 0.15) is 36.3 Å². The molecule has 1 saturated heterocycles. The second-order valence-electron chi connectivity index (χ2n) is 12.7. The molecule has 3 aliphatic rings. The van der Waals surface area contributed by atoms with Crippen molar-refractivity contribution >= 4 is 34.1 Å². The van der Waals surface area contributed by atoms with Gasteiger partial charge in [-0.1, -0.05) is 6.07 Å². The topological polar surface area (TPSA) is 137 Å². The average molecular weight is 639 g/mol. The molecule has 0 radical (unpaired) electrons. The fraction of sp³-hybridized carbons (Fsp3) is 0.400. The van der Waals surface area contributed by atoms with Crippen LogP contribution >= 0.6 is 0 Å². The lowest BCUT2D eigenvalue weighted by Gasteiger charge is -2.54. The largest absolute Gasteiger partial charge is 0.493 e. The summed E-state index contributed by atoms with van der Waals surface area (Å²) in [4.78, 5) is 59.4. The maximum Gasteiger partial charge on any atom is 0.261 e. The predicted molar refractivity (Wildman–Crippen MR) is 177 cm³/mol. The zero-order chi connectivity index (χ0) is 33.0. The highest BCUT2D eigenvalue weighted by Crippen LogP contribution is 2.48. The van der Waals surface area contributed by atoms with Gasteiger partial charge in [0.25, 0.3) is 11.1 Å². The van der Waals surface area contributed by atoms with Crippen LogP contribution in [-0.4, -0.2) is 59.3 Å². The molecule has 2 aromatic heterocycles. The molecule has 5 heterocycles. The summed E-state index contributed by atoms with van der Waals surface area (Å²) in [5, 5.41) is 6.40. The molecule has 3 aliphatic heterocycles. The van der Waals surface area contributed by atoms with E-state index in [1.165, 1.54) is 21.1 Å². The van der Waals surface area contributed by atoms with Crippen LogP contribution in [0.4, 0.5) is 11.4 Å².